The molecule has 2 N–H and O–H groups in total. The number of hydrogen-bond donors (Lipinski definition) is 2. The van der Waals surface area contributed by atoms with E-state index in [-0.39, 0.29) is 12.6 Å². The quantitative estimate of drug-likeness (QED) is 0.563. The summed E-state index contributed by atoms with van der Waals surface area (Å²) in [5.74, 6) is 1.01. The Kier molecular flexibility index (Phi) is 7.10. The Balaban J connectivity index is 1.80. The van der Waals surface area contributed by atoms with Crippen molar-refractivity contribution in [3.05, 3.63) is 45.4 Å². The van der Waals surface area contributed by atoms with Gasteiger partial charge >= 0.3 is 6.18 Å². The number of halogens is 4. The summed E-state index contributed by atoms with van der Waals surface area (Å²) in [6.45, 7) is 2.43. The van der Waals surface area contributed by atoms with Crippen molar-refractivity contribution < 1.29 is 17.9 Å². The minimum absolute atomic E-state index is 0.139. The Hall–Kier alpha value is -2.00. The van der Waals surface area contributed by atoms with Crippen molar-refractivity contribution in [2.45, 2.75) is 25.7 Å². The molecular formula is C16H18ClF3N4OS. The molecule has 1 aromatic heterocycles. The zero-order chi connectivity index (χ0) is 19.2. The van der Waals surface area contributed by atoms with Crippen LogP contribution in [0.4, 0.5) is 13.2 Å². The molecular weight excluding hydrogens is 389 g/mol. The summed E-state index contributed by atoms with van der Waals surface area (Å²) in [6, 6.07) is 7.14. The third-order valence-corrected chi connectivity index (χ3v) is 4.36. The Morgan fingerprint density at radius 2 is 2.08 bits per heavy atom. The molecule has 1 atom stereocenters. The number of ether oxygens (including phenoxy) is 1. The molecule has 1 heterocycles. The monoisotopic (exact) mass is 406 g/mol. The molecule has 0 aliphatic heterocycles. The highest BCUT2D eigenvalue weighted by molar-refractivity contribution is 7.09. The number of nitrogens with zero attached hydrogens (tertiary/aromatic N) is 2. The molecule has 5 nitrogen and oxygen atoms in total. The summed E-state index contributed by atoms with van der Waals surface area (Å²) in [6.07, 6.45) is -4.63. The highest BCUT2D eigenvalue weighted by atomic mass is 35.5. The van der Waals surface area contributed by atoms with Gasteiger partial charge in [0, 0.05) is 12.4 Å². The largest absolute Gasteiger partial charge is 0.487 e. The van der Waals surface area contributed by atoms with Crippen LogP contribution in [0.2, 0.25) is 5.02 Å². The average molecular weight is 407 g/mol. The summed E-state index contributed by atoms with van der Waals surface area (Å²) in [7, 11) is 1.57. The summed E-state index contributed by atoms with van der Waals surface area (Å²) in [4.78, 5) is 7.58. The molecule has 0 amide bonds. The van der Waals surface area contributed by atoms with E-state index in [4.69, 9.17) is 16.3 Å². The van der Waals surface area contributed by atoms with Gasteiger partial charge in [0.15, 0.2) is 11.7 Å². The number of para-hydroxylation sites is 1. The lowest BCUT2D eigenvalue weighted by Crippen LogP contribution is -2.41. The molecule has 0 bridgehead atoms. The SMILES string of the molecule is CN=C(NCc1nc(C(F)(F)F)cs1)NCC(C)Oc1ccccc1Cl. The van der Waals surface area contributed by atoms with Crippen LogP contribution in [-0.4, -0.2) is 30.6 Å². The van der Waals surface area contributed by atoms with Crippen LogP contribution >= 0.6 is 22.9 Å². The van der Waals surface area contributed by atoms with Crippen LogP contribution in [0.25, 0.3) is 0 Å². The Bertz CT molecular complexity index is 751. The molecule has 0 saturated heterocycles. The standard InChI is InChI=1S/C16H18ClF3N4OS/c1-10(25-12-6-4-3-5-11(12)17)7-22-15(21-2)23-8-14-24-13(9-26-14)16(18,19)20/h3-6,9-10H,7-8H2,1-2H3,(H2,21,22,23). The Morgan fingerprint density at radius 3 is 2.69 bits per heavy atom. The summed E-state index contributed by atoms with van der Waals surface area (Å²) in [5.41, 5.74) is -0.885. The molecule has 142 valence electrons. The third kappa shape index (κ3) is 6.06. The first-order valence-electron chi connectivity index (χ1n) is 7.67. The van der Waals surface area contributed by atoms with E-state index in [9.17, 15) is 13.2 Å². The van der Waals surface area contributed by atoms with Crippen LogP contribution in [0.5, 0.6) is 5.75 Å². The zero-order valence-electron chi connectivity index (χ0n) is 14.1. The van der Waals surface area contributed by atoms with Crippen molar-refractivity contribution in [2.24, 2.45) is 4.99 Å². The van der Waals surface area contributed by atoms with Gasteiger partial charge in [0.25, 0.3) is 0 Å². The third-order valence-electron chi connectivity index (χ3n) is 3.19. The van der Waals surface area contributed by atoms with Gasteiger partial charge in [-0.15, -0.1) is 11.3 Å². The average Bonchev–Trinajstić information content (AvgIpc) is 3.06. The lowest BCUT2D eigenvalue weighted by Gasteiger charge is -2.18. The molecule has 0 aliphatic carbocycles. The van der Waals surface area contributed by atoms with E-state index in [0.29, 0.717) is 28.3 Å². The van der Waals surface area contributed by atoms with Crippen molar-refractivity contribution in [2.75, 3.05) is 13.6 Å². The van der Waals surface area contributed by atoms with Gasteiger partial charge in [-0.2, -0.15) is 13.2 Å². The number of thiazole rings is 1. The Morgan fingerprint density at radius 1 is 1.35 bits per heavy atom. The van der Waals surface area contributed by atoms with Gasteiger partial charge in [-0.05, 0) is 19.1 Å². The number of alkyl halides is 3. The van der Waals surface area contributed by atoms with Crippen LogP contribution in [0.15, 0.2) is 34.6 Å². The molecule has 0 saturated carbocycles. The first-order chi connectivity index (χ1) is 12.3. The molecule has 0 radical (unpaired) electrons. The predicted octanol–water partition coefficient (Wildman–Crippen LogP) is 3.95. The molecule has 10 heteroatoms. The lowest BCUT2D eigenvalue weighted by molar-refractivity contribution is -0.140. The van der Waals surface area contributed by atoms with Gasteiger partial charge in [0.1, 0.15) is 16.9 Å². The zero-order valence-corrected chi connectivity index (χ0v) is 15.7. The summed E-state index contributed by atoms with van der Waals surface area (Å²) in [5, 5.41) is 7.79. The molecule has 26 heavy (non-hydrogen) atoms. The number of rotatable bonds is 6. The fraction of sp³-hybridized carbons (Fsp3) is 0.375. The number of guanidine groups is 1. The maximum atomic E-state index is 12.5. The fourth-order valence-electron chi connectivity index (χ4n) is 1.94. The number of hydrogen-bond acceptors (Lipinski definition) is 4. The van der Waals surface area contributed by atoms with E-state index >= 15 is 0 Å². The van der Waals surface area contributed by atoms with Crippen molar-refractivity contribution in [3.63, 3.8) is 0 Å². The molecule has 2 rings (SSSR count). The Labute approximate surface area is 158 Å². The van der Waals surface area contributed by atoms with Crippen LogP contribution in [0.1, 0.15) is 17.6 Å². The van der Waals surface area contributed by atoms with Crippen molar-refractivity contribution in [1.82, 2.24) is 15.6 Å². The number of nitrogens with one attached hydrogen (secondary N) is 2. The predicted molar refractivity (Wildman–Crippen MR) is 96.9 cm³/mol. The molecule has 1 aromatic carbocycles. The van der Waals surface area contributed by atoms with Gasteiger partial charge in [-0.25, -0.2) is 4.98 Å². The summed E-state index contributed by atoms with van der Waals surface area (Å²) >= 11 is 6.98. The topological polar surface area (TPSA) is 58.5 Å². The van der Waals surface area contributed by atoms with Crippen LogP contribution < -0.4 is 15.4 Å². The normalized spacial score (nSPS) is 13.4. The van der Waals surface area contributed by atoms with Crippen LogP contribution in [0.3, 0.4) is 0 Å². The van der Waals surface area contributed by atoms with Crippen LogP contribution in [0, 0.1) is 0 Å². The van der Waals surface area contributed by atoms with E-state index in [0.717, 1.165) is 16.7 Å². The van der Waals surface area contributed by atoms with Gasteiger partial charge in [-0.3, -0.25) is 4.99 Å². The molecule has 0 fully saturated rings. The fourth-order valence-corrected chi connectivity index (χ4v) is 2.86. The van der Waals surface area contributed by atoms with E-state index in [2.05, 4.69) is 20.6 Å². The minimum atomic E-state index is -4.43. The molecule has 1 unspecified atom stereocenters. The van der Waals surface area contributed by atoms with E-state index in [1.165, 1.54) is 0 Å². The van der Waals surface area contributed by atoms with Crippen LogP contribution in [-0.2, 0) is 12.7 Å². The van der Waals surface area contributed by atoms with E-state index in [1.54, 1.807) is 19.2 Å². The molecule has 2 aromatic rings. The molecule has 0 spiro atoms. The minimum Gasteiger partial charge on any atom is -0.487 e. The van der Waals surface area contributed by atoms with Gasteiger partial charge < -0.3 is 15.4 Å². The highest BCUT2D eigenvalue weighted by Crippen LogP contribution is 2.29. The van der Waals surface area contributed by atoms with Gasteiger partial charge in [-0.1, -0.05) is 23.7 Å². The lowest BCUT2D eigenvalue weighted by atomic mass is 10.3. The van der Waals surface area contributed by atoms with Crippen molar-refractivity contribution in [3.8, 4) is 5.75 Å². The second-order valence-corrected chi connectivity index (χ2v) is 6.64. The van der Waals surface area contributed by atoms with Gasteiger partial charge in [0.05, 0.1) is 18.1 Å². The van der Waals surface area contributed by atoms with E-state index < -0.39 is 11.9 Å². The van der Waals surface area contributed by atoms with Gasteiger partial charge in [0.2, 0.25) is 0 Å². The maximum absolute atomic E-state index is 12.5. The van der Waals surface area contributed by atoms with E-state index in [1.807, 2.05) is 19.1 Å². The highest BCUT2D eigenvalue weighted by Gasteiger charge is 2.33. The number of benzene rings is 1. The first-order valence-corrected chi connectivity index (χ1v) is 8.92. The second-order valence-electron chi connectivity index (χ2n) is 5.29. The first kappa shape index (κ1) is 20.3. The van der Waals surface area contributed by atoms with Crippen molar-refractivity contribution in [1.29, 1.82) is 0 Å². The number of aromatic nitrogens is 1. The summed E-state index contributed by atoms with van der Waals surface area (Å²) < 4.78 is 43.4. The number of aliphatic imine (C=N–C) groups is 1. The maximum Gasteiger partial charge on any atom is 0.434 e. The second kappa shape index (κ2) is 9.09. The molecule has 0 aliphatic rings. The smallest absolute Gasteiger partial charge is 0.434 e. The van der Waals surface area contributed by atoms with Crippen molar-refractivity contribution >= 4 is 28.9 Å².